The van der Waals surface area contributed by atoms with Crippen LogP contribution in [0.4, 0.5) is 0 Å². The molecule has 0 bridgehead atoms. The zero-order valence-corrected chi connectivity index (χ0v) is 5.64. The van der Waals surface area contributed by atoms with Crippen LogP contribution in [-0.2, 0) is 5.11 Å². The third-order valence-corrected chi connectivity index (χ3v) is 1.08. The van der Waals surface area contributed by atoms with Crippen molar-refractivity contribution in [2.45, 2.75) is 12.8 Å². The Morgan fingerprint density at radius 2 is 2.33 bits per heavy atom. The fourth-order valence-electron chi connectivity index (χ4n) is 0.160. The number of hydrogen-bond acceptors (Lipinski definition) is 0. The van der Waals surface area contributed by atoms with E-state index in [9.17, 15) is 5.11 Å². The first-order chi connectivity index (χ1) is 2.91. The van der Waals surface area contributed by atoms with Gasteiger partial charge in [-0.2, -0.15) is 0 Å². The van der Waals surface area contributed by atoms with Crippen molar-refractivity contribution in [1.29, 1.82) is 0 Å². The summed E-state index contributed by atoms with van der Waals surface area (Å²) in [6, 6.07) is 0. The molecule has 0 aromatic carbocycles. The molecule has 0 heterocycles. The molecule has 0 aliphatic rings. The average molecular weight is 198 g/mol. The van der Waals surface area contributed by atoms with E-state index in [1.54, 1.807) is 0 Å². The van der Waals surface area contributed by atoms with Gasteiger partial charge in [0.15, 0.2) is 0 Å². The first-order valence-electron chi connectivity index (χ1n) is 1.92. The van der Waals surface area contributed by atoms with Crippen LogP contribution >= 0.6 is 22.6 Å². The van der Waals surface area contributed by atoms with Crippen LogP contribution in [0.15, 0.2) is 0 Å². The maximum atomic E-state index is 9.67. The van der Waals surface area contributed by atoms with Crippen LogP contribution < -0.4 is 0 Å². The molecule has 0 saturated heterocycles. The minimum absolute atomic E-state index is 0.0690. The van der Waals surface area contributed by atoms with Crippen molar-refractivity contribution < 1.29 is 5.11 Å². The highest BCUT2D eigenvalue weighted by Crippen LogP contribution is 1.98. The summed E-state index contributed by atoms with van der Waals surface area (Å²) in [6.45, 7) is 0.0690. The van der Waals surface area contributed by atoms with Gasteiger partial charge in [-0.05, 0) is 12.8 Å². The minimum atomic E-state index is 0.0690. The molecule has 0 fully saturated rings. The molecule has 0 unspecified atom stereocenters. The minimum Gasteiger partial charge on any atom is -0.237 e. The van der Waals surface area contributed by atoms with Gasteiger partial charge < -0.3 is 0 Å². The Hall–Kier alpha value is 0.690. The van der Waals surface area contributed by atoms with Crippen LogP contribution in [0.25, 0.3) is 0 Å². The lowest BCUT2D eigenvalue weighted by Crippen LogP contribution is -1.75. The van der Waals surface area contributed by atoms with E-state index >= 15 is 0 Å². The van der Waals surface area contributed by atoms with Crippen molar-refractivity contribution in [3.8, 4) is 0 Å². The van der Waals surface area contributed by atoms with E-state index in [1.165, 1.54) is 0 Å². The highest BCUT2D eigenvalue weighted by Gasteiger charge is 1.79. The van der Waals surface area contributed by atoms with Crippen molar-refractivity contribution in [1.82, 2.24) is 0 Å². The predicted octanol–water partition coefficient (Wildman–Crippen LogP) is 1.79. The topological polar surface area (TPSA) is 19.9 Å². The molecule has 0 aliphatic heterocycles. The molecule has 1 nitrogen and oxygen atoms in total. The van der Waals surface area contributed by atoms with Crippen LogP contribution in [0.1, 0.15) is 12.8 Å². The molecular formula is C4H7IO. The normalized spacial score (nSPS) is 9.00. The molecule has 36 valence electrons. The molecule has 0 spiro atoms. The van der Waals surface area contributed by atoms with Gasteiger partial charge in [-0.25, -0.2) is 5.11 Å². The quantitative estimate of drug-likeness (QED) is 0.486. The van der Waals surface area contributed by atoms with E-state index in [-0.39, 0.29) is 6.61 Å². The largest absolute Gasteiger partial charge is 0.237 e. The molecule has 0 saturated carbocycles. The van der Waals surface area contributed by atoms with Gasteiger partial charge in [-0.1, -0.05) is 22.6 Å². The summed E-state index contributed by atoms with van der Waals surface area (Å²) < 4.78 is 1.98. The Balaban J connectivity index is 2.34. The molecule has 2 radical (unpaired) electrons. The Kier molecular flexibility index (Phi) is 6.34. The number of rotatable bonds is 3. The second-order valence-electron chi connectivity index (χ2n) is 1.00. The predicted molar refractivity (Wildman–Crippen MR) is 33.1 cm³/mol. The average Bonchev–Trinajstić information content (AvgIpc) is 1.61. The van der Waals surface area contributed by atoms with Crippen LogP contribution in [0.3, 0.4) is 0 Å². The first kappa shape index (κ1) is 6.69. The van der Waals surface area contributed by atoms with Gasteiger partial charge in [-0.3, -0.25) is 0 Å². The van der Waals surface area contributed by atoms with Crippen molar-refractivity contribution in [2.24, 2.45) is 0 Å². The number of halogens is 1. The lowest BCUT2D eigenvalue weighted by molar-refractivity contribution is 0.190. The van der Waals surface area contributed by atoms with Gasteiger partial charge in [0.1, 0.15) is 0 Å². The second-order valence-corrected chi connectivity index (χ2v) is 1.88. The van der Waals surface area contributed by atoms with Crippen molar-refractivity contribution >= 4 is 22.6 Å². The van der Waals surface area contributed by atoms with Crippen LogP contribution in [0.5, 0.6) is 0 Å². The summed E-state index contributed by atoms with van der Waals surface area (Å²) >= 11 is 2.15. The molecule has 0 aromatic rings. The van der Waals surface area contributed by atoms with E-state index in [1.807, 2.05) is 4.43 Å². The summed E-state index contributed by atoms with van der Waals surface area (Å²) in [6.07, 6.45) is 1.76. The summed E-state index contributed by atoms with van der Waals surface area (Å²) in [7, 11) is 0. The van der Waals surface area contributed by atoms with Crippen LogP contribution in [-0.4, -0.2) is 6.61 Å². The zero-order chi connectivity index (χ0) is 4.83. The van der Waals surface area contributed by atoms with Gasteiger partial charge in [-0.15, -0.1) is 0 Å². The summed E-state index contributed by atoms with van der Waals surface area (Å²) in [5.74, 6) is 0. The van der Waals surface area contributed by atoms with Gasteiger partial charge in [0.25, 0.3) is 0 Å². The fourth-order valence-corrected chi connectivity index (χ4v) is 0.601. The maximum Gasteiger partial charge on any atom is 0.0822 e. The van der Waals surface area contributed by atoms with E-state index in [0.29, 0.717) is 0 Å². The van der Waals surface area contributed by atoms with E-state index < -0.39 is 0 Å². The molecule has 6 heavy (non-hydrogen) atoms. The molecule has 0 N–H and O–H groups in total. The number of hydrogen-bond donors (Lipinski definition) is 0. The van der Waals surface area contributed by atoms with Gasteiger partial charge in [0, 0.05) is 4.43 Å². The second kappa shape index (κ2) is 5.69. The Labute approximate surface area is 51.9 Å². The molecule has 0 aromatic heterocycles. The highest BCUT2D eigenvalue weighted by molar-refractivity contribution is 14.1. The summed E-state index contributed by atoms with van der Waals surface area (Å²) in [4.78, 5) is 0. The first-order valence-corrected chi connectivity index (χ1v) is 3.16. The van der Waals surface area contributed by atoms with Crippen LogP contribution in [0, 0.1) is 4.43 Å². The molecule has 0 rings (SSSR count). The van der Waals surface area contributed by atoms with Crippen molar-refractivity contribution in [2.75, 3.05) is 6.61 Å². The van der Waals surface area contributed by atoms with E-state index in [0.717, 1.165) is 12.8 Å². The SMILES string of the molecule is [O]CCC[CH]I. The highest BCUT2D eigenvalue weighted by atomic mass is 127. The Morgan fingerprint density at radius 1 is 1.67 bits per heavy atom. The summed E-state index contributed by atoms with van der Waals surface area (Å²) in [5.41, 5.74) is 0. The smallest absolute Gasteiger partial charge is 0.0822 e. The van der Waals surface area contributed by atoms with Crippen molar-refractivity contribution in [3.63, 3.8) is 0 Å². The Bertz CT molecular complexity index is 19.5. The summed E-state index contributed by atoms with van der Waals surface area (Å²) in [5, 5.41) is 9.67. The van der Waals surface area contributed by atoms with E-state index in [2.05, 4.69) is 22.6 Å². The molecule has 2 heteroatoms. The molecule has 0 aliphatic carbocycles. The standard InChI is InChI=1S/C4H7IO/c5-3-1-2-4-6/h3H,1-2,4H2. The maximum absolute atomic E-state index is 9.67. The Morgan fingerprint density at radius 3 is 2.50 bits per heavy atom. The zero-order valence-electron chi connectivity index (χ0n) is 3.48. The van der Waals surface area contributed by atoms with Gasteiger partial charge in [0.05, 0.1) is 6.61 Å². The van der Waals surface area contributed by atoms with Gasteiger partial charge >= 0.3 is 0 Å². The lowest BCUT2D eigenvalue weighted by Gasteiger charge is -1.82. The van der Waals surface area contributed by atoms with Crippen LogP contribution in [0.2, 0.25) is 0 Å². The third-order valence-electron chi connectivity index (χ3n) is 0.458. The third kappa shape index (κ3) is 4.69. The lowest BCUT2D eigenvalue weighted by atomic mass is 10.4. The number of unbranched alkanes of at least 4 members (excludes halogenated alkanes) is 1. The monoisotopic (exact) mass is 198 g/mol. The molecule has 0 atom stereocenters. The van der Waals surface area contributed by atoms with Crippen molar-refractivity contribution in [3.05, 3.63) is 4.43 Å². The fraction of sp³-hybridized carbons (Fsp3) is 0.750. The molecular weight excluding hydrogens is 191 g/mol. The van der Waals surface area contributed by atoms with Gasteiger partial charge in [0.2, 0.25) is 0 Å². The van der Waals surface area contributed by atoms with E-state index in [4.69, 9.17) is 0 Å². The molecule has 0 amide bonds.